The van der Waals surface area contributed by atoms with Gasteiger partial charge in [-0.1, -0.05) is 0 Å². The molecule has 2 aromatic rings. The van der Waals surface area contributed by atoms with E-state index in [4.69, 9.17) is 4.74 Å². The molecule has 0 aromatic carbocycles. The zero-order valence-electron chi connectivity index (χ0n) is 10.7. The summed E-state index contributed by atoms with van der Waals surface area (Å²) in [4.78, 5) is 6.99. The number of hydrogen-bond donors (Lipinski definition) is 3. The zero-order chi connectivity index (χ0) is 14.2. The Balaban J connectivity index is 1.85. The molecule has 1 unspecified atom stereocenters. The van der Waals surface area contributed by atoms with Gasteiger partial charge in [0, 0.05) is 37.4 Å². The average molecular weight is 297 g/mol. The molecule has 0 spiro atoms. The Morgan fingerprint density at radius 2 is 2.40 bits per heavy atom. The minimum absolute atomic E-state index is 0.0672. The van der Waals surface area contributed by atoms with Crippen LogP contribution in [0, 0.1) is 0 Å². The third-order valence-electron chi connectivity index (χ3n) is 3.38. The van der Waals surface area contributed by atoms with Gasteiger partial charge >= 0.3 is 0 Å². The van der Waals surface area contributed by atoms with E-state index in [2.05, 4.69) is 14.7 Å². The maximum absolute atomic E-state index is 12.3. The summed E-state index contributed by atoms with van der Waals surface area (Å²) < 4.78 is 32.1. The first-order valence-electron chi connectivity index (χ1n) is 6.22. The van der Waals surface area contributed by atoms with Crippen LogP contribution in [0.4, 0.5) is 0 Å². The molecule has 8 heteroatoms. The summed E-state index contributed by atoms with van der Waals surface area (Å²) in [6.07, 6.45) is 3.40. The van der Waals surface area contributed by atoms with Gasteiger partial charge in [0.05, 0.1) is 6.61 Å². The summed E-state index contributed by atoms with van der Waals surface area (Å²) in [5.74, 6) is 0. The van der Waals surface area contributed by atoms with Crippen LogP contribution in [0.25, 0.3) is 11.0 Å². The van der Waals surface area contributed by atoms with E-state index in [0.717, 1.165) is 0 Å². The molecule has 20 heavy (non-hydrogen) atoms. The molecule has 3 heterocycles. The molecule has 0 bridgehead atoms. The normalized spacial score (nSPS) is 23.4. The van der Waals surface area contributed by atoms with Crippen LogP contribution in [-0.4, -0.2) is 48.9 Å². The number of hydrogen-bond acceptors (Lipinski definition) is 5. The van der Waals surface area contributed by atoms with Crippen molar-refractivity contribution >= 4 is 21.1 Å². The molecular formula is C12H15N3O4S. The number of ether oxygens (including phenoxy) is 1. The molecular weight excluding hydrogens is 282 g/mol. The number of rotatable bonds is 4. The Morgan fingerprint density at radius 3 is 3.15 bits per heavy atom. The van der Waals surface area contributed by atoms with Crippen molar-refractivity contribution in [2.24, 2.45) is 0 Å². The molecule has 2 aromatic heterocycles. The third-order valence-corrected chi connectivity index (χ3v) is 4.82. The quantitative estimate of drug-likeness (QED) is 0.736. The number of nitrogens with one attached hydrogen (secondary N) is 2. The lowest BCUT2D eigenvalue weighted by Crippen LogP contribution is -2.43. The van der Waals surface area contributed by atoms with Gasteiger partial charge in [-0.3, -0.25) is 0 Å². The van der Waals surface area contributed by atoms with E-state index in [9.17, 15) is 13.5 Å². The van der Waals surface area contributed by atoms with Crippen LogP contribution >= 0.6 is 0 Å². The van der Waals surface area contributed by atoms with Gasteiger partial charge in [0.2, 0.25) is 10.0 Å². The Morgan fingerprint density at radius 1 is 1.55 bits per heavy atom. The van der Waals surface area contributed by atoms with Crippen LogP contribution in [0.3, 0.4) is 0 Å². The van der Waals surface area contributed by atoms with E-state index in [1.54, 1.807) is 18.3 Å². The van der Waals surface area contributed by atoms with E-state index >= 15 is 0 Å². The van der Waals surface area contributed by atoms with Gasteiger partial charge in [-0.2, -0.15) is 0 Å². The van der Waals surface area contributed by atoms with Crippen molar-refractivity contribution in [1.29, 1.82) is 0 Å². The summed E-state index contributed by atoms with van der Waals surface area (Å²) in [5.41, 5.74) is -0.618. The van der Waals surface area contributed by atoms with E-state index in [1.807, 2.05) is 0 Å². The van der Waals surface area contributed by atoms with Crippen molar-refractivity contribution in [3.05, 3.63) is 24.5 Å². The number of sulfonamides is 1. The highest BCUT2D eigenvalue weighted by Gasteiger charge is 2.34. The van der Waals surface area contributed by atoms with Gasteiger partial charge in [-0.15, -0.1) is 0 Å². The highest BCUT2D eigenvalue weighted by atomic mass is 32.2. The number of pyridine rings is 1. The van der Waals surface area contributed by atoms with Crippen molar-refractivity contribution < 1.29 is 18.3 Å². The number of aromatic nitrogens is 2. The fraction of sp³-hybridized carbons (Fsp3) is 0.417. The van der Waals surface area contributed by atoms with Gasteiger partial charge in [0.15, 0.2) is 0 Å². The van der Waals surface area contributed by atoms with Crippen LogP contribution in [0.2, 0.25) is 0 Å². The predicted molar refractivity (Wildman–Crippen MR) is 71.7 cm³/mol. The Hall–Kier alpha value is -1.48. The zero-order valence-corrected chi connectivity index (χ0v) is 11.5. The second kappa shape index (κ2) is 4.81. The first-order chi connectivity index (χ1) is 9.50. The van der Waals surface area contributed by atoms with Gasteiger partial charge in [0.1, 0.15) is 16.1 Å². The largest absolute Gasteiger partial charge is 0.386 e. The third kappa shape index (κ3) is 2.42. The molecule has 1 fully saturated rings. The summed E-state index contributed by atoms with van der Waals surface area (Å²) in [7, 11) is -3.71. The predicted octanol–water partition coefficient (Wildman–Crippen LogP) is -0.00740. The second-order valence-corrected chi connectivity index (χ2v) is 6.64. The number of fused-ring (bicyclic) bond motifs is 1. The average Bonchev–Trinajstić information content (AvgIpc) is 3.04. The van der Waals surface area contributed by atoms with Gasteiger partial charge in [0.25, 0.3) is 0 Å². The van der Waals surface area contributed by atoms with Crippen molar-refractivity contribution in [1.82, 2.24) is 14.7 Å². The van der Waals surface area contributed by atoms with Gasteiger partial charge in [-0.05, 0) is 12.1 Å². The Labute approximate surface area is 116 Å². The van der Waals surface area contributed by atoms with Crippen LogP contribution < -0.4 is 4.72 Å². The topological polar surface area (TPSA) is 104 Å². The minimum atomic E-state index is -3.71. The molecule has 1 aliphatic rings. The van der Waals surface area contributed by atoms with Crippen molar-refractivity contribution in [3.63, 3.8) is 0 Å². The smallest absolute Gasteiger partial charge is 0.242 e. The van der Waals surface area contributed by atoms with E-state index in [1.165, 1.54) is 6.20 Å². The summed E-state index contributed by atoms with van der Waals surface area (Å²) >= 11 is 0. The molecule has 0 radical (unpaired) electrons. The van der Waals surface area contributed by atoms with E-state index in [0.29, 0.717) is 24.1 Å². The molecule has 0 saturated carbocycles. The highest BCUT2D eigenvalue weighted by Crippen LogP contribution is 2.22. The lowest BCUT2D eigenvalue weighted by molar-refractivity contribution is 0.0314. The second-order valence-electron chi connectivity index (χ2n) is 4.90. The van der Waals surface area contributed by atoms with Crippen LogP contribution in [0.5, 0.6) is 0 Å². The van der Waals surface area contributed by atoms with E-state index < -0.39 is 15.6 Å². The number of aliphatic hydroxyl groups is 1. The lowest BCUT2D eigenvalue weighted by Gasteiger charge is -2.20. The van der Waals surface area contributed by atoms with Crippen molar-refractivity contribution in [3.8, 4) is 0 Å². The fourth-order valence-electron chi connectivity index (χ4n) is 2.20. The SMILES string of the molecule is O=S(=O)(NCC1(O)CCOC1)c1c[nH]c2ncccc12. The molecule has 1 aliphatic heterocycles. The lowest BCUT2D eigenvalue weighted by atomic mass is 10.1. The molecule has 7 nitrogen and oxygen atoms in total. The Kier molecular flexibility index (Phi) is 3.25. The summed E-state index contributed by atoms with van der Waals surface area (Å²) in [6.45, 7) is 0.516. The van der Waals surface area contributed by atoms with Crippen LogP contribution in [0.1, 0.15) is 6.42 Å². The number of nitrogens with zero attached hydrogens (tertiary/aromatic N) is 1. The Bertz CT molecular complexity index is 719. The van der Waals surface area contributed by atoms with Crippen LogP contribution in [-0.2, 0) is 14.8 Å². The molecule has 0 aliphatic carbocycles. The van der Waals surface area contributed by atoms with Crippen molar-refractivity contribution in [2.45, 2.75) is 16.9 Å². The molecule has 3 N–H and O–H groups in total. The summed E-state index contributed by atoms with van der Waals surface area (Å²) in [6, 6.07) is 3.36. The highest BCUT2D eigenvalue weighted by molar-refractivity contribution is 7.89. The summed E-state index contributed by atoms with van der Waals surface area (Å²) in [5, 5.41) is 10.6. The first-order valence-corrected chi connectivity index (χ1v) is 7.70. The number of aromatic amines is 1. The standard InChI is InChI=1S/C12H15N3O4S/c16-12(3-5-19-8-12)7-15-20(17,18)10-6-14-11-9(10)2-1-4-13-11/h1-2,4,6,15-16H,3,5,7-8H2,(H,13,14). The van der Waals surface area contributed by atoms with E-state index in [-0.39, 0.29) is 18.0 Å². The van der Waals surface area contributed by atoms with Crippen molar-refractivity contribution in [2.75, 3.05) is 19.8 Å². The monoisotopic (exact) mass is 297 g/mol. The maximum atomic E-state index is 12.3. The van der Waals surface area contributed by atoms with Gasteiger partial charge < -0.3 is 14.8 Å². The fourth-order valence-corrected chi connectivity index (χ4v) is 3.48. The van der Waals surface area contributed by atoms with Crippen LogP contribution in [0.15, 0.2) is 29.4 Å². The molecule has 0 amide bonds. The number of H-pyrrole nitrogens is 1. The van der Waals surface area contributed by atoms with Gasteiger partial charge in [-0.25, -0.2) is 18.1 Å². The first kappa shape index (κ1) is 13.5. The minimum Gasteiger partial charge on any atom is -0.386 e. The molecule has 3 rings (SSSR count). The molecule has 1 saturated heterocycles. The molecule has 108 valence electrons. The molecule has 1 atom stereocenters. The maximum Gasteiger partial charge on any atom is 0.242 e.